The van der Waals surface area contributed by atoms with Crippen LogP contribution in [0.5, 0.6) is 0 Å². The first-order valence-corrected chi connectivity index (χ1v) is 8.36. The third kappa shape index (κ3) is 2.08. The van der Waals surface area contributed by atoms with Gasteiger partial charge in [0, 0.05) is 0 Å². The van der Waals surface area contributed by atoms with E-state index in [0.29, 0.717) is 4.72 Å². The molecule has 0 aromatic rings. The molecule has 0 saturated carbocycles. The van der Waals surface area contributed by atoms with Crippen LogP contribution in [0.1, 0.15) is 9.27 Å². The molecule has 1 aliphatic carbocycles. The van der Waals surface area contributed by atoms with E-state index in [-0.39, 0.29) is 2.85 Å². The van der Waals surface area contributed by atoms with Crippen LogP contribution in [0, 0.1) is 0 Å². The molecule has 0 saturated heterocycles. The minimum absolute atomic E-state index is 0. The van der Waals surface area contributed by atoms with E-state index in [2.05, 4.69) is 23.4 Å². The molecular weight excluding hydrogens is 195 g/mol. The first-order chi connectivity index (χ1) is 5.27. The fourth-order valence-corrected chi connectivity index (χ4v) is 2.54. The molecule has 74 valence electrons. The molecule has 0 aromatic carbocycles. The second-order valence-electron chi connectivity index (χ2n) is 4.24. The first-order valence-electron chi connectivity index (χ1n) is 3.67. The topological polar surface area (TPSA) is 17.1 Å². The van der Waals surface area contributed by atoms with Crippen molar-refractivity contribution in [2.24, 2.45) is 0 Å². The molecule has 1 aliphatic rings. The molecule has 0 unspecified atom stereocenters. The Kier molecular flexibility index (Phi) is 2.09. The van der Waals surface area contributed by atoms with Crippen LogP contribution in [0.4, 0.5) is 0 Å². The largest absolute Gasteiger partial charge is 1.00 e. The molecule has 1 nitrogen and oxygen atoms in total. The molecule has 0 heterocycles. The predicted molar refractivity (Wildman–Crippen MR) is 52.5 cm³/mol. The van der Waals surface area contributed by atoms with Gasteiger partial charge in [0.2, 0.25) is 0 Å². The molecule has 0 spiro atoms. The van der Waals surface area contributed by atoms with E-state index in [9.17, 15) is 4.79 Å². The maximum absolute atomic E-state index is 11.9. The number of carbonyl (C=O) groups is 1. The molecule has 0 fully saturated rings. The summed E-state index contributed by atoms with van der Waals surface area (Å²) in [5, 5.41) is 0. The van der Waals surface area contributed by atoms with E-state index >= 15 is 0 Å². The summed E-state index contributed by atoms with van der Waals surface area (Å²) in [7, 11) is 0. The van der Waals surface area contributed by atoms with Crippen LogP contribution < -0.4 is 0 Å². The third-order valence-electron chi connectivity index (χ3n) is 1.61. The van der Waals surface area contributed by atoms with Gasteiger partial charge in [-0.2, -0.15) is 0 Å². The van der Waals surface area contributed by atoms with Crippen LogP contribution in [0.2, 0.25) is 23.4 Å². The minimum Gasteiger partial charge on any atom is -1.00 e. The molecule has 12 heavy (non-hydrogen) atoms. The number of hydrogen-bond acceptors (Lipinski definition) is 1. The first kappa shape index (κ1) is 9.74. The van der Waals surface area contributed by atoms with E-state index < -0.39 is 11.6 Å². The van der Waals surface area contributed by atoms with Gasteiger partial charge in [0.15, 0.2) is 0 Å². The van der Waals surface area contributed by atoms with Crippen molar-refractivity contribution in [3.63, 3.8) is 0 Å². The fourth-order valence-electron chi connectivity index (χ4n) is 1.01. The quantitative estimate of drug-likeness (QED) is 0.687. The molecule has 0 bridgehead atoms. The van der Waals surface area contributed by atoms with E-state index in [1.54, 1.807) is 0 Å². The SMILES string of the molecule is [CH3][Co+2]([CH3])([CH3])([CH3])[C](=O)C1=CC=CC1.[H-].[H-]. The summed E-state index contributed by atoms with van der Waals surface area (Å²) in [6.07, 6.45) is 6.79. The predicted octanol–water partition coefficient (Wildman–Crippen LogP) is 3.51. The maximum Gasteiger partial charge on any atom is -1.00 e. The number of carbonyl (C=O) groups excluding carboxylic acids is 1. The number of hydrogen-bond donors (Lipinski definition) is 0. The molecule has 0 atom stereocenters. The summed E-state index contributed by atoms with van der Waals surface area (Å²) >= 11 is -2.02. The van der Waals surface area contributed by atoms with Crippen LogP contribution in [0.3, 0.4) is 0 Å². The van der Waals surface area contributed by atoms with Gasteiger partial charge < -0.3 is 2.85 Å². The van der Waals surface area contributed by atoms with Gasteiger partial charge in [0.1, 0.15) is 0 Å². The zero-order valence-corrected chi connectivity index (χ0v) is 9.22. The normalized spacial score (nSPS) is 20.0. The van der Waals surface area contributed by atoms with Gasteiger partial charge in [-0.1, -0.05) is 0 Å². The van der Waals surface area contributed by atoms with Crippen LogP contribution in [0.25, 0.3) is 0 Å². The summed E-state index contributed by atoms with van der Waals surface area (Å²) in [6, 6.07) is 0. The Bertz CT molecular complexity index is 275. The molecule has 0 N–H and O–H groups in total. The Labute approximate surface area is 78.1 Å². The van der Waals surface area contributed by atoms with Crippen molar-refractivity contribution in [2.45, 2.75) is 29.9 Å². The molecule has 0 amide bonds. The van der Waals surface area contributed by atoms with E-state index in [0.717, 1.165) is 12.0 Å². The van der Waals surface area contributed by atoms with Crippen molar-refractivity contribution in [1.82, 2.24) is 0 Å². The number of rotatable bonds is 2. The van der Waals surface area contributed by atoms with Gasteiger partial charge in [-0.25, -0.2) is 0 Å². The Hall–Kier alpha value is -0.344. The van der Waals surface area contributed by atoms with Gasteiger partial charge in [-0.3, -0.25) is 0 Å². The van der Waals surface area contributed by atoms with E-state index in [4.69, 9.17) is 0 Å². The summed E-state index contributed by atoms with van der Waals surface area (Å²) in [4.78, 5) is 11.9. The molecule has 0 radical (unpaired) electrons. The van der Waals surface area contributed by atoms with E-state index in [1.165, 1.54) is 0 Å². The zero-order chi connectivity index (χ0) is 9.43. The second kappa shape index (κ2) is 2.57. The molecule has 0 aromatic heterocycles. The second-order valence-corrected chi connectivity index (χ2v) is 13.0. The fraction of sp³-hybridized carbons (Fsp3) is 0.500. The van der Waals surface area contributed by atoms with Gasteiger partial charge in [0.05, 0.1) is 0 Å². The molecule has 1 rings (SSSR count). The number of allylic oxidation sites excluding steroid dienone is 4. The van der Waals surface area contributed by atoms with Crippen molar-refractivity contribution in [1.29, 1.82) is 0 Å². The minimum atomic E-state index is -2.02. The van der Waals surface area contributed by atoms with Crippen LogP contribution in [-0.2, 0) is 16.4 Å². The van der Waals surface area contributed by atoms with Gasteiger partial charge in [-0.15, -0.1) is 0 Å². The Morgan fingerprint density at radius 2 is 2.00 bits per heavy atom. The monoisotopic (exact) mass is 214 g/mol. The smallest absolute Gasteiger partial charge is 1.00 e. The summed E-state index contributed by atoms with van der Waals surface area (Å²) in [5.41, 5.74) is 0.988. The van der Waals surface area contributed by atoms with Crippen molar-refractivity contribution in [2.75, 3.05) is 0 Å². The summed E-state index contributed by atoms with van der Waals surface area (Å²) < 4.78 is 0.379. The third-order valence-corrected chi connectivity index (χ3v) is 3.84. The van der Waals surface area contributed by atoms with Crippen molar-refractivity contribution < 1.29 is 19.2 Å². The van der Waals surface area contributed by atoms with E-state index in [1.807, 2.05) is 18.2 Å². The average molecular weight is 214 g/mol. The van der Waals surface area contributed by atoms with Crippen LogP contribution >= 0.6 is 0 Å². The molecule has 0 aliphatic heterocycles. The summed E-state index contributed by atoms with van der Waals surface area (Å²) in [5.74, 6) is 8.41. The Morgan fingerprint density at radius 1 is 1.42 bits per heavy atom. The zero-order valence-electron chi connectivity index (χ0n) is 10.2. The average Bonchev–Trinajstić information content (AvgIpc) is 2.32. The van der Waals surface area contributed by atoms with Crippen molar-refractivity contribution >= 4 is 4.72 Å². The maximum atomic E-state index is 11.9. The standard InChI is InChI=1S/C6H5O.4CH3.Co.2H/c7-5-6-3-1-2-4-6;;;;;;;/h1-3H,4H2;4*1H3;;;/q;;;;;+2;2*-1. The molecular formula is C10H19CoO. The van der Waals surface area contributed by atoms with Crippen molar-refractivity contribution in [3.8, 4) is 0 Å². The Balaban J connectivity index is 0. The summed E-state index contributed by atoms with van der Waals surface area (Å²) in [6.45, 7) is 0. The van der Waals surface area contributed by atoms with Crippen molar-refractivity contribution in [3.05, 3.63) is 23.8 Å². The molecule has 2 heteroatoms. The van der Waals surface area contributed by atoms with Crippen LogP contribution in [-0.4, -0.2) is 4.72 Å². The Morgan fingerprint density at radius 3 is 2.33 bits per heavy atom. The van der Waals surface area contributed by atoms with Crippen LogP contribution in [0.15, 0.2) is 23.8 Å². The van der Waals surface area contributed by atoms with Gasteiger partial charge >= 0.3 is 74.7 Å². The van der Waals surface area contributed by atoms with Gasteiger partial charge in [0.25, 0.3) is 0 Å². The van der Waals surface area contributed by atoms with Gasteiger partial charge in [-0.05, 0) is 0 Å².